The van der Waals surface area contributed by atoms with Crippen molar-refractivity contribution in [3.05, 3.63) is 42.2 Å². The van der Waals surface area contributed by atoms with Gasteiger partial charge in [0.1, 0.15) is 0 Å². The van der Waals surface area contributed by atoms with E-state index in [-0.39, 0.29) is 5.78 Å². The van der Waals surface area contributed by atoms with E-state index in [2.05, 4.69) is 9.62 Å². The number of hydrogen-bond donors (Lipinski definition) is 1. The van der Waals surface area contributed by atoms with Crippen molar-refractivity contribution >= 4 is 21.5 Å². The van der Waals surface area contributed by atoms with Gasteiger partial charge in [0.05, 0.1) is 12.9 Å². The Morgan fingerprint density at radius 1 is 1.24 bits per heavy atom. The number of Topliss-reactive ketones (excluding diaryl/α,β-unsaturated/α-hetero) is 1. The summed E-state index contributed by atoms with van der Waals surface area (Å²) in [7, 11) is -1.31. The molecule has 0 amide bonds. The van der Waals surface area contributed by atoms with Crippen molar-refractivity contribution < 1.29 is 13.2 Å². The first-order valence-electron chi connectivity index (χ1n) is 6.57. The Hall–Kier alpha value is -2.02. The lowest BCUT2D eigenvalue weighted by atomic mass is 10.1. The molecule has 0 aromatic heterocycles. The molecule has 1 aromatic rings. The van der Waals surface area contributed by atoms with E-state index < -0.39 is 10.0 Å². The fourth-order valence-electron chi connectivity index (χ4n) is 2.06. The summed E-state index contributed by atoms with van der Waals surface area (Å²) in [6.45, 7) is 1.47. The molecular formula is C14H19N3O3S. The van der Waals surface area contributed by atoms with E-state index in [1.165, 1.54) is 0 Å². The third-order valence-corrected chi connectivity index (χ3v) is 3.68. The smallest absolute Gasteiger partial charge is 0.229 e. The van der Waals surface area contributed by atoms with Crippen molar-refractivity contribution in [2.75, 3.05) is 31.2 Å². The van der Waals surface area contributed by atoms with Crippen LogP contribution in [0, 0.1) is 0 Å². The Morgan fingerprint density at radius 3 is 2.43 bits per heavy atom. The molecule has 1 aromatic carbocycles. The molecule has 0 spiro atoms. The Labute approximate surface area is 125 Å². The quantitative estimate of drug-likeness (QED) is 0.802. The number of benzene rings is 1. The normalized spacial score (nSPS) is 14.6. The average Bonchev–Trinajstić information content (AvgIpc) is 2.81. The molecule has 1 N–H and O–H groups in total. The lowest BCUT2D eigenvalue weighted by Crippen LogP contribution is -2.24. The SMILES string of the molecule is CN1C=CN(CCC(=O)c2ccc(NS(C)(=O)=O)cc2)C1. The van der Waals surface area contributed by atoms with Gasteiger partial charge in [0.25, 0.3) is 0 Å². The summed E-state index contributed by atoms with van der Waals surface area (Å²) in [4.78, 5) is 16.2. The van der Waals surface area contributed by atoms with Crippen molar-refractivity contribution in [1.82, 2.24) is 9.80 Å². The Balaban J connectivity index is 1.89. The highest BCUT2D eigenvalue weighted by Gasteiger charge is 2.12. The van der Waals surface area contributed by atoms with E-state index in [0.29, 0.717) is 24.2 Å². The molecule has 0 unspecified atom stereocenters. The van der Waals surface area contributed by atoms with Gasteiger partial charge in [-0.3, -0.25) is 9.52 Å². The van der Waals surface area contributed by atoms with Crippen LogP contribution in [-0.4, -0.2) is 50.5 Å². The predicted molar refractivity (Wildman–Crippen MR) is 82.3 cm³/mol. The molecule has 6 nitrogen and oxygen atoms in total. The van der Waals surface area contributed by atoms with Crippen LogP contribution in [0.25, 0.3) is 0 Å². The molecule has 7 heteroatoms. The van der Waals surface area contributed by atoms with Crippen LogP contribution in [0.2, 0.25) is 0 Å². The van der Waals surface area contributed by atoms with E-state index in [9.17, 15) is 13.2 Å². The maximum atomic E-state index is 12.1. The Kier molecular flexibility index (Phi) is 4.52. The number of carbonyl (C=O) groups is 1. The van der Waals surface area contributed by atoms with E-state index in [1.807, 2.05) is 24.3 Å². The Bertz CT molecular complexity index is 638. The molecule has 21 heavy (non-hydrogen) atoms. The zero-order valence-electron chi connectivity index (χ0n) is 12.1. The molecule has 1 aliphatic rings. The second-order valence-corrected chi connectivity index (χ2v) is 6.88. The van der Waals surface area contributed by atoms with Gasteiger partial charge in [-0.2, -0.15) is 0 Å². The summed E-state index contributed by atoms with van der Waals surface area (Å²) in [5.41, 5.74) is 1.05. The van der Waals surface area contributed by atoms with Crippen molar-refractivity contribution in [3.8, 4) is 0 Å². The topological polar surface area (TPSA) is 69.7 Å². The zero-order chi connectivity index (χ0) is 15.5. The summed E-state index contributed by atoms with van der Waals surface area (Å²) in [6, 6.07) is 6.47. The molecule has 0 aliphatic carbocycles. The molecule has 0 fully saturated rings. The zero-order valence-corrected chi connectivity index (χ0v) is 12.9. The van der Waals surface area contributed by atoms with Gasteiger partial charge in [-0.25, -0.2) is 8.42 Å². The number of anilines is 1. The lowest BCUT2D eigenvalue weighted by Gasteiger charge is -2.17. The van der Waals surface area contributed by atoms with Gasteiger partial charge in [0.15, 0.2) is 5.78 Å². The number of carbonyl (C=O) groups excluding carboxylic acids is 1. The summed E-state index contributed by atoms with van der Waals surface area (Å²) in [5.74, 6) is 0.0452. The molecule has 0 atom stereocenters. The molecule has 2 rings (SSSR count). The molecule has 114 valence electrons. The van der Waals surface area contributed by atoms with Crippen LogP contribution in [0.3, 0.4) is 0 Å². The fourth-order valence-corrected chi connectivity index (χ4v) is 2.63. The van der Waals surface area contributed by atoms with Crippen molar-refractivity contribution in [1.29, 1.82) is 0 Å². The van der Waals surface area contributed by atoms with Crippen LogP contribution in [0.5, 0.6) is 0 Å². The first kappa shape index (κ1) is 15.4. The third-order valence-electron chi connectivity index (χ3n) is 3.07. The molecule has 1 heterocycles. The highest BCUT2D eigenvalue weighted by atomic mass is 32.2. The van der Waals surface area contributed by atoms with E-state index in [1.54, 1.807) is 24.3 Å². The van der Waals surface area contributed by atoms with Gasteiger partial charge in [0, 0.05) is 43.7 Å². The van der Waals surface area contributed by atoms with E-state index >= 15 is 0 Å². The molecular weight excluding hydrogens is 290 g/mol. The van der Waals surface area contributed by atoms with Gasteiger partial charge in [0.2, 0.25) is 10.0 Å². The maximum absolute atomic E-state index is 12.1. The van der Waals surface area contributed by atoms with Gasteiger partial charge >= 0.3 is 0 Å². The van der Waals surface area contributed by atoms with Gasteiger partial charge in [-0.1, -0.05) is 0 Å². The average molecular weight is 309 g/mol. The number of hydrogen-bond acceptors (Lipinski definition) is 5. The minimum atomic E-state index is -3.29. The second-order valence-electron chi connectivity index (χ2n) is 5.13. The number of rotatable bonds is 6. The number of nitrogens with zero attached hydrogens (tertiary/aromatic N) is 2. The number of ketones is 1. The monoisotopic (exact) mass is 309 g/mol. The van der Waals surface area contributed by atoms with Crippen molar-refractivity contribution in [2.45, 2.75) is 6.42 Å². The van der Waals surface area contributed by atoms with Crippen molar-refractivity contribution in [2.24, 2.45) is 0 Å². The minimum Gasteiger partial charge on any atom is -0.362 e. The second kappa shape index (κ2) is 6.17. The van der Waals surface area contributed by atoms with Gasteiger partial charge < -0.3 is 9.80 Å². The first-order chi connectivity index (χ1) is 9.83. The molecule has 0 radical (unpaired) electrons. The Morgan fingerprint density at radius 2 is 1.90 bits per heavy atom. The van der Waals surface area contributed by atoms with Crippen LogP contribution in [0.1, 0.15) is 16.8 Å². The van der Waals surface area contributed by atoms with Crippen LogP contribution < -0.4 is 4.72 Å². The minimum absolute atomic E-state index is 0.0452. The standard InChI is InChI=1S/C14H19N3O3S/c1-16-9-10-17(11-16)8-7-14(18)12-3-5-13(6-4-12)15-21(2,19)20/h3-6,9-10,15H,7-8,11H2,1-2H3. The van der Waals surface area contributed by atoms with Crippen LogP contribution >= 0.6 is 0 Å². The van der Waals surface area contributed by atoms with Crippen LogP contribution in [0.15, 0.2) is 36.7 Å². The highest BCUT2D eigenvalue weighted by molar-refractivity contribution is 7.92. The third kappa shape index (κ3) is 4.78. The fraction of sp³-hybridized carbons (Fsp3) is 0.357. The summed E-state index contributed by atoms with van der Waals surface area (Å²) in [5, 5.41) is 0. The number of sulfonamides is 1. The first-order valence-corrected chi connectivity index (χ1v) is 8.46. The molecule has 1 aliphatic heterocycles. The van der Waals surface area contributed by atoms with Gasteiger partial charge in [-0.15, -0.1) is 0 Å². The van der Waals surface area contributed by atoms with Crippen LogP contribution in [0.4, 0.5) is 5.69 Å². The van der Waals surface area contributed by atoms with E-state index in [4.69, 9.17) is 0 Å². The van der Waals surface area contributed by atoms with Gasteiger partial charge in [-0.05, 0) is 24.3 Å². The summed E-state index contributed by atoms with van der Waals surface area (Å²) in [6.07, 6.45) is 5.45. The van der Waals surface area contributed by atoms with Crippen molar-refractivity contribution in [3.63, 3.8) is 0 Å². The van der Waals surface area contributed by atoms with Crippen LogP contribution in [-0.2, 0) is 10.0 Å². The molecule has 0 saturated carbocycles. The maximum Gasteiger partial charge on any atom is 0.229 e. The number of nitrogens with one attached hydrogen (secondary N) is 1. The highest BCUT2D eigenvalue weighted by Crippen LogP contribution is 2.13. The predicted octanol–water partition coefficient (Wildman–Crippen LogP) is 1.31. The summed E-state index contributed by atoms with van der Waals surface area (Å²) < 4.78 is 24.6. The molecule has 0 saturated heterocycles. The molecule has 0 bridgehead atoms. The van der Waals surface area contributed by atoms with E-state index in [0.717, 1.165) is 12.9 Å². The largest absolute Gasteiger partial charge is 0.362 e. The summed E-state index contributed by atoms with van der Waals surface area (Å²) >= 11 is 0. The lowest BCUT2D eigenvalue weighted by molar-refractivity contribution is 0.0970.